The minimum atomic E-state index is -0.0286. The fraction of sp³-hybridized carbons (Fsp3) is 0.364. The highest BCUT2D eigenvalue weighted by molar-refractivity contribution is 14.1. The Morgan fingerprint density at radius 3 is 2.54 bits per heavy atom. The summed E-state index contributed by atoms with van der Waals surface area (Å²) in [6.07, 6.45) is 0.963. The summed E-state index contributed by atoms with van der Waals surface area (Å²) in [5, 5.41) is 0. The summed E-state index contributed by atoms with van der Waals surface area (Å²) in [5.74, 6) is 0.0244. The molecule has 5 nitrogen and oxygen atoms in total. The zero-order valence-electron chi connectivity index (χ0n) is 15.8. The van der Waals surface area contributed by atoms with Crippen LogP contribution in [0.25, 0.3) is 0 Å². The Labute approximate surface area is 179 Å². The average Bonchev–Trinajstić information content (AvgIpc) is 2.86. The molecule has 0 radical (unpaired) electrons. The van der Waals surface area contributed by atoms with Crippen molar-refractivity contribution in [1.82, 2.24) is 14.7 Å². The molecule has 1 saturated heterocycles. The zero-order valence-corrected chi connectivity index (χ0v) is 18.0. The fourth-order valence-electron chi connectivity index (χ4n) is 3.93. The van der Waals surface area contributed by atoms with Crippen LogP contribution in [0.5, 0.6) is 0 Å². The summed E-state index contributed by atoms with van der Waals surface area (Å²) in [5.41, 5.74) is 3.05. The molecule has 0 aromatic heterocycles. The van der Waals surface area contributed by atoms with Gasteiger partial charge < -0.3 is 9.80 Å². The maximum atomic E-state index is 12.8. The van der Waals surface area contributed by atoms with Crippen molar-refractivity contribution in [3.05, 3.63) is 68.8 Å². The summed E-state index contributed by atoms with van der Waals surface area (Å²) in [6, 6.07) is 16.2. The monoisotopic (exact) mass is 485 g/mol. The first-order valence-electron chi connectivity index (χ1n) is 9.72. The van der Waals surface area contributed by atoms with E-state index in [4.69, 9.17) is 0 Å². The number of nitrogens with zero attached hydrogens (tertiary/aromatic N) is 3. The lowest BCUT2D eigenvalue weighted by Crippen LogP contribution is -2.42. The highest BCUT2D eigenvalue weighted by Gasteiger charge is 2.30. The molecule has 2 aliphatic heterocycles. The van der Waals surface area contributed by atoms with Crippen LogP contribution in [0.1, 0.15) is 27.9 Å². The first-order chi connectivity index (χ1) is 13.6. The fourth-order valence-corrected chi connectivity index (χ4v) is 4.29. The Kier molecular flexibility index (Phi) is 5.96. The molecule has 0 saturated carbocycles. The van der Waals surface area contributed by atoms with E-state index < -0.39 is 0 Å². The van der Waals surface area contributed by atoms with Gasteiger partial charge in [0.15, 0.2) is 0 Å². The smallest absolute Gasteiger partial charge is 0.254 e. The van der Waals surface area contributed by atoms with Gasteiger partial charge in [-0.3, -0.25) is 14.5 Å². The maximum Gasteiger partial charge on any atom is 0.254 e. The molecule has 146 valence electrons. The molecule has 4 rings (SSSR count). The standard InChI is InChI=1S/C22H24IN3O2/c23-19-8-6-17(7-9-19)14-24-10-3-11-25(13-12-24)21(27)16-26-15-18-4-1-2-5-20(18)22(26)28/h1-2,4-9H,3,10-16H2/i23-4. The molecular formula is C22H24IN3O2. The molecule has 0 unspecified atom stereocenters. The van der Waals surface area contributed by atoms with Crippen molar-refractivity contribution in [3.8, 4) is 0 Å². The molecule has 1 fully saturated rings. The number of hydrogen-bond acceptors (Lipinski definition) is 3. The van der Waals surface area contributed by atoms with Crippen molar-refractivity contribution < 1.29 is 9.59 Å². The predicted octanol–water partition coefficient (Wildman–Crippen LogP) is 2.98. The Morgan fingerprint density at radius 1 is 0.964 bits per heavy atom. The summed E-state index contributed by atoms with van der Waals surface area (Å²) in [6.45, 7) is 4.96. The van der Waals surface area contributed by atoms with Gasteiger partial charge in [-0.15, -0.1) is 0 Å². The van der Waals surface area contributed by atoms with Crippen LogP contribution in [0.4, 0.5) is 0 Å². The van der Waals surface area contributed by atoms with Gasteiger partial charge in [0.2, 0.25) is 5.91 Å². The third-order valence-electron chi connectivity index (χ3n) is 5.48. The SMILES string of the molecule is O=C(CN1Cc2ccccc2C1=O)N1CCCN(Cc2ccc([123I])cc2)CC1. The zero-order chi connectivity index (χ0) is 19.5. The van der Waals surface area contributed by atoms with Gasteiger partial charge in [0.05, 0.1) is 0 Å². The van der Waals surface area contributed by atoms with Crippen LogP contribution in [0.3, 0.4) is 0 Å². The largest absolute Gasteiger partial charge is 0.340 e. The van der Waals surface area contributed by atoms with Gasteiger partial charge in [-0.25, -0.2) is 0 Å². The molecule has 0 spiro atoms. The van der Waals surface area contributed by atoms with E-state index in [1.54, 1.807) is 4.90 Å². The van der Waals surface area contributed by atoms with Crippen molar-refractivity contribution in [2.75, 3.05) is 32.7 Å². The van der Waals surface area contributed by atoms with E-state index in [1.165, 1.54) is 9.13 Å². The summed E-state index contributed by atoms with van der Waals surface area (Å²) in [7, 11) is 0. The molecule has 0 atom stereocenters. The molecule has 2 aromatic carbocycles. The maximum absolute atomic E-state index is 12.8. The van der Waals surface area contributed by atoms with Crippen molar-refractivity contribution in [2.24, 2.45) is 0 Å². The van der Waals surface area contributed by atoms with Gasteiger partial charge in [-0.05, 0) is 58.3 Å². The lowest BCUT2D eigenvalue weighted by molar-refractivity contribution is -0.131. The second-order valence-electron chi connectivity index (χ2n) is 7.46. The predicted molar refractivity (Wildman–Crippen MR) is 117 cm³/mol. The van der Waals surface area contributed by atoms with Gasteiger partial charge in [0.25, 0.3) is 5.91 Å². The Bertz CT molecular complexity index is 868. The van der Waals surface area contributed by atoms with E-state index in [9.17, 15) is 9.59 Å². The van der Waals surface area contributed by atoms with Crippen LogP contribution in [0, 0.1) is 3.57 Å². The second kappa shape index (κ2) is 8.61. The minimum absolute atomic E-state index is 0.0286. The van der Waals surface area contributed by atoms with Gasteiger partial charge in [0, 0.05) is 48.4 Å². The Balaban J connectivity index is 1.31. The lowest BCUT2D eigenvalue weighted by Gasteiger charge is -2.24. The van der Waals surface area contributed by atoms with Crippen LogP contribution in [0.15, 0.2) is 48.5 Å². The van der Waals surface area contributed by atoms with Crippen molar-refractivity contribution >= 4 is 34.4 Å². The van der Waals surface area contributed by atoms with E-state index >= 15 is 0 Å². The molecule has 6 heteroatoms. The molecule has 0 N–H and O–H groups in total. The normalized spacial score (nSPS) is 17.5. The molecular weight excluding hydrogens is 461 g/mol. The summed E-state index contributed by atoms with van der Waals surface area (Å²) >= 11 is 2.32. The van der Waals surface area contributed by atoms with E-state index in [0.717, 1.165) is 50.3 Å². The third-order valence-corrected chi connectivity index (χ3v) is 6.20. The van der Waals surface area contributed by atoms with Crippen LogP contribution >= 0.6 is 22.6 Å². The van der Waals surface area contributed by atoms with Crippen LogP contribution in [-0.2, 0) is 17.9 Å². The number of carbonyl (C=O) groups excluding carboxylic acids is 2. The van der Waals surface area contributed by atoms with Crippen LogP contribution < -0.4 is 0 Å². The van der Waals surface area contributed by atoms with E-state index in [2.05, 4.69) is 51.8 Å². The number of benzene rings is 2. The molecule has 2 aliphatic rings. The van der Waals surface area contributed by atoms with Gasteiger partial charge in [-0.2, -0.15) is 0 Å². The van der Waals surface area contributed by atoms with Crippen LogP contribution in [0.2, 0.25) is 0 Å². The second-order valence-corrected chi connectivity index (χ2v) is 8.70. The van der Waals surface area contributed by atoms with E-state index in [-0.39, 0.29) is 18.4 Å². The summed E-state index contributed by atoms with van der Waals surface area (Å²) in [4.78, 5) is 31.3. The van der Waals surface area contributed by atoms with Crippen LogP contribution in [-0.4, -0.2) is 59.2 Å². The Hall–Kier alpha value is -1.93. The lowest BCUT2D eigenvalue weighted by atomic mass is 10.1. The van der Waals surface area contributed by atoms with Gasteiger partial charge >= 0.3 is 0 Å². The minimum Gasteiger partial charge on any atom is -0.340 e. The molecule has 2 aromatic rings. The molecule has 28 heavy (non-hydrogen) atoms. The molecule has 0 bridgehead atoms. The molecule has 0 aliphatic carbocycles. The Morgan fingerprint density at radius 2 is 1.75 bits per heavy atom. The number of fused-ring (bicyclic) bond motifs is 1. The number of halogens is 1. The topological polar surface area (TPSA) is 43.9 Å². The van der Waals surface area contributed by atoms with Gasteiger partial charge in [-0.1, -0.05) is 30.3 Å². The van der Waals surface area contributed by atoms with Crippen molar-refractivity contribution in [1.29, 1.82) is 0 Å². The van der Waals surface area contributed by atoms with E-state index in [1.807, 2.05) is 29.2 Å². The number of hydrogen-bond donors (Lipinski definition) is 0. The highest BCUT2D eigenvalue weighted by atomic mass is 123. The van der Waals surface area contributed by atoms with Gasteiger partial charge in [0.1, 0.15) is 6.54 Å². The third kappa shape index (κ3) is 4.38. The quantitative estimate of drug-likeness (QED) is 0.626. The van der Waals surface area contributed by atoms with Crippen molar-refractivity contribution in [2.45, 2.75) is 19.5 Å². The number of rotatable bonds is 4. The van der Waals surface area contributed by atoms with Crippen molar-refractivity contribution in [3.63, 3.8) is 0 Å². The molecule has 2 amide bonds. The first-order valence-corrected chi connectivity index (χ1v) is 10.8. The first kappa shape index (κ1) is 19.4. The van der Waals surface area contributed by atoms with E-state index in [0.29, 0.717) is 6.54 Å². The average molecular weight is 485 g/mol. The number of amides is 2. The highest BCUT2D eigenvalue weighted by Crippen LogP contribution is 2.22. The number of carbonyl (C=O) groups is 2. The summed E-state index contributed by atoms with van der Waals surface area (Å²) < 4.78 is 1.24. The molecule has 2 heterocycles.